The van der Waals surface area contributed by atoms with Gasteiger partial charge in [0.1, 0.15) is 11.6 Å². The van der Waals surface area contributed by atoms with Crippen molar-refractivity contribution in [2.75, 3.05) is 13.1 Å². The molecular weight excluding hydrogens is 304 g/mol. The first-order valence-electron chi connectivity index (χ1n) is 6.96. The van der Waals surface area contributed by atoms with Crippen molar-refractivity contribution >= 4 is 11.8 Å². The van der Waals surface area contributed by atoms with Crippen LogP contribution in [-0.4, -0.2) is 29.9 Å². The average Bonchev–Trinajstić information content (AvgIpc) is 2.53. The Hall–Kier alpha value is -2.83. The van der Waals surface area contributed by atoms with Gasteiger partial charge in [0.2, 0.25) is 5.91 Å². The van der Waals surface area contributed by atoms with E-state index in [1.807, 2.05) is 12.1 Å². The summed E-state index contributed by atoms with van der Waals surface area (Å²) in [6.45, 7) is 0.0779. The summed E-state index contributed by atoms with van der Waals surface area (Å²) in [4.78, 5) is 27.4. The van der Waals surface area contributed by atoms with Gasteiger partial charge in [0.05, 0.1) is 12.1 Å². The van der Waals surface area contributed by atoms with E-state index < -0.39 is 23.4 Å². The molecule has 1 aromatic carbocycles. The van der Waals surface area contributed by atoms with Crippen LogP contribution in [-0.2, 0) is 11.2 Å². The highest BCUT2D eigenvalue weighted by Crippen LogP contribution is 2.08. The monoisotopic (exact) mass is 319 g/mol. The summed E-state index contributed by atoms with van der Waals surface area (Å²) in [6.07, 6.45) is 2.22. The number of carbonyl (C=O) groups is 2. The second-order valence-electron chi connectivity index (χ2n) is 4.73. The normalized spacial score (nSPS) is 10.2. The van der Waals surface area contributed by atoms with Crippen LogP contribution < -0.4 is 10.6 Å². The molecule has 2 amide bonds. The van der Waals surface area contributed by atoms with Gasteiger partial charge in [-0.1, -0.05) is 6.07 Å². The Labute approximate surface area is 131 Å². The van der Waals surface area contributed by atoms with E-state index in [-0.39, 0.29) is 12.1 Å². The molecule has 120 valence electrons. The van der Waals surface area contributed by atoms with Crippen molar-refractivity contribution in [3.63, 3.8) is 0 Å². The van der Waals surface area contributed by atoms with Gasteiger partial charge in [-0.15, -0.1) is 0 Å². The van der Waals surface area contributed by atoms with Gasteiger partial charge in [0.15, 0.2) is 0 Å². The molecule has 5 nitrogen and oxygen atoms in total. The number of pyridine rings is 1. The topological polar surface area (TPSA) is 71.1 Å². The summed E-state index contributed by atoms with van der Waals surface area (Å²) in [5.41, 5.74) is 0.526. The fourth-order valence-electron chi connectivity index (χ4n) is 1.87. The van der Waals surface area contributed by atoms with E-state index in [1.165, 1.54) is 0 Å². The van der Waals surface area contributed by atoms with Crippen LogP contribution in [0.1, 0.15) is 16.1 Å². The number of hydrogen-bond acceptors (Lipinski definition) is 3. The van der Waals surface area contributed by atoms with Gasteiger partial charge in [-0.2, -0.15) is 0 Å². The van der Waals surface area contributed by atoms with Crippen LogP contribution in [0.3, 0.4) is 0 Å². The number of halogens is 2. The molecule has 0 fully saturated rings. The summed E-state index contributed by atoms with van der Waals surface area (Å²) in [5.74, 6) is -2.93. The first-order chi connectivity index (χ1) is 11.1. The molecule has 2 rings (SSSR count). The van der Waals surface area contributed by atoms with Crippen LogP contribution >= 0.6 is 0 Å². The molecule has 0 bridgehead atoms. The molecule has 0 aliphatic rings. The fraction of sp³-hybridized carbons (Fsp3) is 0.188. The van der Waals surface area contributed by atoms with E-state index in [0.29, 0.717) is 19.0 Å². The van der Waals surface area contributed by atoms with Crippen molar-refractivity contribution in [3.8, 4) is 0 Å². The van der Waals surface area contributed by atoms with Crippen LogP contribution in [0.4, 0.5) is 8.78 Å². The maximum absolute atomic E-state index is 13.4. The highest BCUT2D eigenvalue weighted by Gasteiger charge is 2.13. The molecule has 0 saturated heterocycles. The lowest BCUT2D eigenvalue weighted by Gasteiger charge is -2.07. The van der Waals surface area contributed by atoms with Crippen LogP contribution in [0.25, 0.3) is 0 Å². The fourth-order valence-corrected chi connectivity index (χ4v) is 1.87. The zero-order valence-electron chi connectivity index (χ0n) is 12.2. The molecule has 0 spiro atoms. The summed E-state index contributed by atoms with van der Waals surface area (Å²) in [6, 6.07) is 8.10. The Kier molecular flexibility index (Phi) is 5.74. The molecule has 1 heterocycles. The van der Waals surface area contributed by atoms with Crippen molar-refractivity contribution in [1.29, 1.82) is 0 Å². The van der Waals surface area contributed by atoms with E-state index >= 15 is 0 Å². The molecule has 0 atom stereocenters. The molecule has 0 unspecified atom stereocenters. The van der Waals surface area contributed by atoms with Crippen molar-refractivity contribution in [3.05, 3.63) is 65.5 Å². The SMILES string of the molecule is O=C(CNC(=O)c1ccc(F)cc1F)NCCc1ccccn1. The van der Waals surface area contributed by atoms with Gasteiger partial charge in [-0.05, 0) is 24.3 Å². The molecule has 2 aromatic rings. The van der Waals surface area contributed by atoms with Crippen LogP contribution in [0.2, 0.25) is 0 Å². The highest BCUT2D eigenvalue weighted by molar-refractivity contribution is 5.96. The van der Waals surface area contributed by atoms with Gasteiger partial charge in [0.25, 0.3) is 5.91 Å². The second-order valence-corrected chi connectivity index (χ2v) is 4.73. The Morgan fingerprint density at radius 3 is 2.61 bits per heavy atom. The third-order valence-corrected chi connectivity index (χ3v) is 3.01. The minimum atomic E-state index is -0.974. The summed E-state index contributed by atoms with van der Waals surface area (Å²) in [7, 11) is 0. The van der Waals surface area contributed by atoms with Crippen LogP contribution in [0, 0.1) is 11.6 Å². The first kappa shape index (κ1) is 16.5. The van der Waals surface area contributed by atoms with Crippen molar-refractivity contribution in [2.24, 2.45) is 0 Å². The largest absolute Gasteiger partial charge is 0.354 e. The number of amides is 2. The van der Waals surface area contributed by atoms with E-state index in [4.69, 9.17) is 0 Å². The number of carbonyl (C=O) groups excluding carboxylic acids is 2. The van der Waals surface area contributed by atoms with Crippen molar-refractivity contribution in [2.45, 2.75) is 6.42 Å². The van der Waals surface area contributed by atoms with E-state index in [2.05, 4.69) is 15.6 Å². The van der Waals surface area contributed by atoms with Gasteiger partial charge >= 0.3 is 0 Å². The number of nitrogens with one attached hydrogen (secondary N) is 2. The smallest absolute Gasteiger partial charge is 0.254 e. The zero-order valence-corrected chi connectivity index (χ0v) is 12.2. The van der Waals surface area contributed by atoms with E-state index in [9.17, 15) is 18.4 Å². The Balaban J connectivity index is 1.74. The number of nitrogens with zero attached hydrogens (tertiary/aromatic N) is 1. The Morgan fingerprint density at radius 2 is 1.91 bits per heavy atom. The highest BCUT2D eigenvalue weighted by atomic mass is 19.1. The first-order valence-corrected chi connectivity index (χ1v) is 6.96. The Morgan fingerprint density at radius 1 is 1.09 bits per heavy atom. The van der Waals surface area contributed by atoms with Gasteiger partial charge in [-0.3, -0.25) is 14.6 Å². The molecule has 23 heavy (non-hydrogen) atoms. The van der Waals surface area contributed by atoms with E-state index in [0.717, 1.165) is 17.8 Å². The van der Waals surface area contributed by atoms with Gasteiger partial charge in [0, 0.05) is 30.9 Å². The lowest BCUT2D eigenvalue weighted by atomic mass is 10.2. The molecular formula is C16H15F2N3O2. The van der Waals surface area contributed by atoms with Crippen molar-refractivity contribution in [1.82, 2.24) is 15.6 Å². The maximum Gasteiger partial charge on any atom is 0.254 e. The minimum absolute atomic E-state index is 0.294. The summed E-state index contributed by atoms with van der Waals surface area (Å²) in [5, 5.41) is 4.89. The molecule has 0 radical (unpaired) electrons. The zero-order chi connectivity index (χ0) is 16.7. The predicted octanol–water partition coefficient (Wildman–Crippen LogP) is 1.45. The maximum atomic E-state index is 13.4. The number of benzene rings is 1. The minimum Gasteiger partial charge on any atom is -0.354 e. The molecule has 2 N–H and O–H groups in total. The molecule has 1 aromatic heterocycles. The quantitative estimate of drug-likeness (QED) is 0.846. The average molecular weight is 319 g/mol. The molecule has 0 aliphatic carbocycles. The lowest BCUT2D eigenvalue weighted by molar-refractivity contribution is -0.120. The van der Waals surface area contributed by atoms with Gasteiger partial charge < -0.3 is 10.6 Å². The molecule has 7 heteroatoms. The summed E-state index contributed by atoms with van der Waals surface area (Å²) >= 11 is 0. The van der Waals surface area contributed by atoms with Gasteiger partial charge in [-0.25, -0.2) is 8.78 Å². The summed E-state index contributed by atoms with van der Waals surface area (Å²) < 4.78 is 26.2. The number of hydrogen-bond donors (Lipinski definition) is 2. The van der Waals surface area contributed by atoms with Crippen LogP contribution in [0.15, 0.2) is 42.6 Å². The predicted molar refractivity (Wildman–Crippen MR) is 79.6 cm³/mol. The lowest BCUT2D eigenvalue weighted by Crippen LogP contribution is -2.38. The standard InChI is InChI=1S/C16H15F2N3O2/c17-11-4-5-13(14(18)9-11)16(23)21-10-15(22)20-8-6-12-3-1-2-7-19-12/h1-5,7,9H,6,8,10H2,(H,20,22)(H,21,23). The molecule has 0 aliphatic heterocycles. The third kappa shape index (κ3) is 5.14. The van der Waals surface area contributed by atoms with E-state index in [1.54, 1.807) is 12.3 Å². The second kappa shape index (κ2) is 7.98. The third-order valence-electron chi connectivity index (χ3n) is 3.01. The van der Waals surface area contributed by atoms with Crippen molar-refractivity contribution < 1.29 is 18.4 Å². The van der Waals surface area contributed by atoms with Crippen LogP contribution in [0.5, 0.6) is 0 Å². The number of aromatic nitrogens is 1. The number of rotatable bonds is 6. The molecule has 0 saturated carbocycles. The Bertz CT molecular complexity index is 693.